The number of halogens is 1. The van der Waals surface area contributed by atoms with Crippen LogP contribution in [0.1, 0.15) is 44.6 Å². The highest BCUT2D eigenvalue weighted by atomic mass is 35.5. The summed E-state index contributed by atoms with van der Waals surface area (Å²) in [5.74, 6) is 0. The van der Waals surface area contributed by atoms with E-state index in [2.05, 4.69) is 12.1 Å². The second-order valence-corrected chi connectivity index (χ2v) is 4.34. The number of nitrogens with zero attached hydrogens (tertiary/aromatic N) is 2. The van der Waals surface area contributed by atoms with Crippen LogP contribution in [0.15, 0.2) is 29.7 Å². The Hall–Kier alpha value is -1.13. The molecule has 1 N–H and O–H groups in total. The highest BCUT2D eigenvalue weighted by Crippen LogP contribution is 2.02. The zero-order chi connectivity index (χ0) is 13.1. The normalized spacial score (nSPS) is 10.6. The zero-order valence-electron chi connectivity index (χ0n) is 11.5. The Morgan fingerprint density at radius 3 is 2.53 bits per heavy atom. The van der Waals surface area contributed by atoms with Gasteiger partial charge in [0.25, 0.3) is 6.73 Å². The second-order valence-electron chi connectivity index (χ2n) is 4.34. The third kappa shape index (κ3) is 8.56. The predicted molar refractivity (Wildman–Crippen MR) is 70.7 cm³/mol. The number of aromatic nitrogens is 1. The minimum absolute atomic E-state index is 0. The molecule has 1 aromatic heterocycles. The SMILES string of the molecule is CCCCCCCOC[n+]1ccc(/C=N/O)cc1.[Cl-]. The molecule has 0 amide bonds. The maximum Gasteiger partial charge on any atom is 0.252 e. The summed E-state index contributed by atoms with van der Waals surface area (Å²) in [5, 5.41) is 11.4. The molecule has 1 rings (SSSR count). The summed E-state index contributed by atoms with van der Waals surface area (Å²) in [4.78, 5) is 0. The van der Waals surface area contributed by atoms with Gasteiger partial charge in [0.05, 0.1) is 12.8 Å². The van der Waals surface area contributed by atoms with Crippen molar-refractivity contribution in [3.8, 4) is 0 Å². The Balaban J connectivity index is 0.00000324. The van der Waals surface area contributed by atoms with Crippen LogP contribution < -0.4 is 17.0 Å². The highest BCUT2D eigenvalue weighted by molar-refractivity contribution is 5.78. The van der Waals surface area contributed by atoms with Crippen molar-refractivity contribution in [3.05, 3.63) is 30.1 Å². The molecule has 19 heavy (non-hydrogen) atoms. The number of pyridine rings is 1. The molecule has 5 heteroatoms. The number of unbranched alkanes of at least 4 members (excludes halogenated alkanes) is 4. The van der Waals surface area contributed by atoms with E-state index in [1.807, 2.05) is 29.1 Å². The van der Waals surface area contributed by atoms with E-state index in [9.17, 15) is 0 Å². The van der Waals surface area contributed by atoms with Gasteiger partial charge in [-0.05, 0) is 6.42 Å². The summed E-state index contributed by atoms with van der Waals surface area (Å²) < 4.78 is 7.54. The Morgan fingerprint density at radius 2 is 1.89 bits per heavy atom. The van der Waals surface area contributed by atoms with E-state index in [4.69, 9.17) is 9.94 Å². The molecule has 0 aliphatic rings. The van der Waals surface area contributed by atoms with Gasteiger partial charge in [0.15, 0.2) is 12.4 Å². The summed E-state index contributed by atoms with van der Waals surface area (Å²) in [7, 11) is 0. The molecule has 0 atom stereocenters. The van der Waals surface area contributed by atoms with Crippen molar-refractivity contribution in [2.45, 2.75) is 45.8 Å². The van der Waals surface area contributed by atoms with Gasteiger partial charge in [-0.1, -0.05) is 37.8 Å². The van der Waals surface area contributed by atoms with Gasteiger partial charge in [0.1, 0.15) is 0 Å². The summed E-state index contributed by atoms with van der Waals surface area (Å²) in [6.45, 7) is 3.61. The van der Waals surface area contributed by atoms with Crippen LogP contribution in [-0.2, 0) is 11.5 Å². The van der Waals surface area contributed by atoms with Crippen LogP contribution in [0.2, 0.25) is 0 Å². The fourth-order valence-electron chi connectivity index (χ4n) is 1.69. The molecule has 0 saturated heterocycles. The fourth-order valence-corrected chi connectivity index (χ4v) is 1.69. The van der Waals surface area contributed by atoms with Crippen molar-refractivity contribution in [3.63, 3.8) is 0 Å². The lowest BCUT2D eigenvalue weighted by Gasteiger charge is -2.01. The van der Waals surface area contributed by atoms with Gasteiger partial charge in [0.2, 0.25) is 0 Å². The van der Waals surface area contributed by atoms with Gasteiger partial charge in [-0.15, -0.1) is 0 Å². The van der Waals surface area contributed by atoms with Crippen LogP contribution in [0.25, 0.3) is 0 Å². The van der Waals surface area contributed by atoms with Crippen molar-refractivity contribution >= 4 is 6.21 Å². The molecule has 0 fully saturated rings. The van der Waals surface area contributed by atoms with E-state index in [0.29, 0.717) is 6.73 Å². The van der Waals surface area contributed by atoms with Crippen LogP contribution in [0, 0.1) is 0 Å². The number of oxime groups is 1. The first-order valence-corrected chi connectivity index (χ1v) is 6.61. The molecule has 0 saturated carbocycles. The standard InChI is InChI=1S/C14H22N2O2.ClH/c1-2-3-4-5-6-11-18-13-16-9-7-14(8-10-16)12-15-17;/h7-10,12H,2-6,11,13H2,1H3;1H. The number of hydrogen-bond donors (Lipinski definition) is 1. The molecule has 4 nitrogen and oxygen atoms in total. The summed E-state index contributed by atoms with van der Waals surface area (Å²) in [6, 6.07) is 3.76. The first kappa shape index (κ1) is 17.9. The van der Waals surface area contributed by atoms with Gasteiger partial charge in [-0.3, -0.25) is 0 Å². The van der Waals surface area contributed by atoms with Gasteiger partial charge in [-0.25, -0.2) is 0 Å². The van der Waals surface area contributed by atoms with E-state index in [-0.39, 0.29) is 12.4 Å². The third-order valence-corrected chi connectivity index (χ3v) is 2.76. The lowest BCUT2D eigenvalue weighted by molar-refractivity contribution is -0.732. The lowest BCUT2D eigenvalue weighted by Crippen LogP contribution is -3.00. The minimum atomic E-state index is 0. The molecule has 0 bridgehead atoms. The average molecular weight is 287 g/mol. The van der Waals surface area contributed by atoms with E-state index >= 15 is 0 Å². The molecule has 0 spiro atoms. The number of rotatable bonds is 9. The van der Waals surface area contributed by atoms with Crippen LogP contribution in [0.4, 0.5) is 0 Å². The number of ether oxygens (including phenoxy) is 1. The van der Waals surface area contributed by atoms with Crippen LogP contribution in [0.5, 0.6) is 0 Å². The molecule has 0 radical (unpaired) electrons. The first-order valence-electron chi connectivity index (χ1n) is 6.61. The van der Waals surface area contributed by atoms with E-state index in [1.54, 1.807) is 0 Å². The molecule has 1 heterocycles. The fraction of sp³-hybridized carbons (Fsp3) is 0.571. The summed E-state index contributed by atoms with van der Waals surface area (Å²) >= 11 is 0. The Bertz CT molecular complexity index is 342. The molecule has 0 aliphatic carbocycles. The Morgan fingerprint density at radius 1 is 1.21 bits per heavy atom. The molecular formula is C14H23ClN2O2. The van der Waals surface area contributed by atoms with Crippen LogP contribution >= 0.6 is 0 Å². The van der Waals surface area contributed by atoms with Crippen molar-refractivity contribution < 1.29 is 26.9 Å². The second kappa shape index (κ2) is 11.9. The number of hydrogen-bond acceptors (Lipinski definition) is 3. The first-order chi connectivity index (χ1) is 8.86. The maximum atomic E-state index is 8.39. The molecular weight excluding hydrogens is 264 g/mol. The van der Waals surface area contributed by atoms with Gasteiger partial charge in [-0.2, -0.15) is 4.57 Å². The van der Waals surface area contributed by atoms with E-state index in [0.717, 1.165) is 18.6 Å². The maximum absolute atomic E-state index is 8.39. The Labute approximate surface area is 121 Å². The van der Waals surface area contributed by atoms with Gasteiger partial charge in [0, 0.05) is 17.7 Å². The topological polar surface area (TPSA) is 45.7 Å². The summed E-state index contributed by atoms with van der Waals surface area (Å²) in [6.07, 6.45) is 11.5. The molecule has 0 unspecified atom stereocenters. The van der Waals surface area contributed by atoms with Crippen LogP contribution in [0.3, 0.4) is 0 Å². The van der Waals surface area contributed by atoms with Crippen molar-refractivity contribution in [2.24, 2.45) is 5.16 Å². The van der Waals surface area contributed by atoms with Gasteiger partial charge < -0.3 is 22.4 Å². The molecule has 0 aromatic carbocycles. The van der Waals surface area contributed by atoms with E-state index in [1.165, 1.54) is 31.9 Å². The van der Waals surface area contributed by atoms with Crippen molar-refractivity contribution in [2.75, 3.05) is 6.61 Å². The summed E-state index contributed by atoms with van der Waals surface area (Å²) in [5.41, 5.74) is 0.869. The smallest absolute Gasteiger partial charge is 0.252 e. The van der Waals surface area contributed by atoms with Crippen molar-refractivity contribution in [1.82, 2.24) is 0 Å². The molecule has 108 valence electrons. The average Bonchev–Trinajstić information content (AvgIpc) is 2.40. The minimum Gasteiger partial charge on any atom is -1.00 e. The Kier molecular flexibility index (Phi) is 11.2. The third-order valence-electron chi connectivity index (χ3n) is 2.76. The quantitative estimate of drug-likeness (QED) is 0.223. The zero-order valence-corrected chi connectivity index (χ0v) is 12.2. The largest absolute Gasteiger partial charge is 1.00 e. The van der Waals surface area contributed by atoms with Crippen molar-refractivity contribution in [1.29, 1.82) is 0 Å². The molecule has 0 aliphatic heterocycles. The predicted octanol–water partition coefficient (Wildman–Crippen LogP) is -0.269. The molecule has 1 aromatic rings. The van der Waals surface area contributed by atoms with Gasteiger partial charge >= 0.3 is 0 Å². The monoisotopic (exact) mass is 286 g/mol. The lowest BCUT2D eigenvalue weighted by atomic mass is 10.2. The highest BCUT2D eigenvalue weighted by Gasteiger charge is 1.99. The van der Waals surface area contributed by atoms with Crippen LogP contribution in [-0.4, -0.2) is 18.0 Å². The van der Waals surface area contributed by atoms with E-state index < -0.39 is 0 Å².